The molecule has 46 heavy (non-hydrogen) atoms. The molecular formula is C42H36N2O2. The van der Waals surface area contributed by atoms with Crippen molar-refractivity contribution in [2.24, 2.45) is 0 Å². The molecule has 0 saturated heterocycles. The molecule has 0 spiro atoms. The minimum atomic E-state index is -0.0713. The molecule has 226 valence electrons. The van der Waals surface area contributed by atoms with Crippen molar-refractivity contribution in [2.45, 2.75) is 38.5 Å². The zero-order chi connectivity index (χ0) is 31.8. The van der Waals surface area contributed by atoms with Crippen LogP contribution < -0.4 is 9.47 Å². The molecule has 0 unspecified atom stereocenters. The van der Waals surface area contributed by atoms with Crippen molar-refractivity contribution in [1.82, 2.24) is 9.97 Å². The molecule has 0 fully saturated rings. The number of pyridine rings is 2. The number of rotatable bonds is 5. The van der Waals surface area contributed by atoms with Crippen molar-refractivity contribution in [1.29, 1.82) is 0 Å². The van der Waals surface area contributed by atoms with Crippen molar-refractivity contribution in [3.05, 3.63) is 131 Å². The van der Waals surface area contributed by atoms with E-state index in [1.54, 1.807) is 14.2 Å². The predicted octanol–water partition coefficient (Wildman–Crippen LogP) is 10.1. The van der Waals surface area contributed by atoms with Crippen LogP contribution in [0, 0.1) is 0 Å². The molecule has 0 N–H and O–H groups in total. The average Bonchev–Trinajstić information content (AvgIpc) is 3.46. The lowest BCUT2D eigenvalue weighted by atomic mass is 9.83. The zero-order valence-electron chi connectivity index (χ0n) is 27.1. The molecule has 0 atom stereocenters. The Balaban J connectivity index is 1.16. The fraction of sp³-hybridized carbons (Fsp3) is 0.190. The first-order chi connectivity index (χ1) is 22.2. The lowest BCUT2D eigenvalue weighted by Gasteiger charge is -2.21. The molecule has 0 amide bonds. The van der Waals surface area contributed by atoms with E-state index in [2.05, 4.69) is 137 Å². The molecule has 0 bridgehead atoms. The number of nitrogens with zero attached hydrogens (tertiary/aromatic N) is 2. The molecule has 2 aliphatic rings. The second kappa shape index (κ2) is 10.1. The van der Waals surface area contributed by atoms with E-state index in [4.69, 9.17) is 19.4 Å². The van der Waals surface area contributed by atoms with Gasteiger partial charge < -0.3 is 9.47 Å². The summed E-state index contributed by atoms with van der Waals surface area (Å²) in [6, 6.07) is 38.5. The van der Waals surface area contributed by atoms with Gasteiger partial charge >= 0.3 is 0 Å². The third-order valence-electron chi connectivity index (χ3n) is 10.1. The minimum absolute atomic E-state index is 0.0713. The molecule has 4 heteroatoms. The largest absolute Gasteiger partial charge is 0.496 e. The smallest absolute Gasteiger partial charge is 0.127 e. The number of ether oxygens (including phenoxy) is 2. The Hall–Kier alpha value is -5.22. The molecule has 4 nitrogen and oxygen atoms in total. The highest BCUT2D eigenvalue weighted by Gasteiger charge is 2.37. The van der Waals surface area contributed by atoms with Gasteiger partial charge in [-0.3, -0.25) is 0 Å². The Labute approximate surface area is 270 Å². The second-order valence-corrected chi connectivity index (χ2v) is 13.4. The van der Waals surface area contributed by atoms with E-state index in [1.165, 1.54) is 33.4 Å². The first-order valence-corrected chi connectivity index (χ1v) is 15.8. The van der Waals surface area contributed by atoms with Crippen LogP contribution in [0.5, 0.6) is 11.5 Å². The Morgan fingerprint density at radius 3 is 1.26 bits per heavy atom. The van der Waals surface area contributed by atoms with Crippen LogP contribution >= 0.6 is 0 Å². The monoisotopic (exact) mass is 600 g/mol. The maximum atomic E-state index is 5.97. The third-order valence-corrected chi connectivity index (χ3v) is 10.1. The maximum Gasteiger partial charge on any atom is 0.127 e. The lowest BCUT2D eigenvalue weighted by Crippen LogP contribution is -2.14. The third kappa shape index (κ3) is 4.06. The summed E-state index contributed by atoms with van der Waals surface area (Å²) in [5.41, 5.74) is 15.3. The average molecular weight is 601 g/mol. The molecule has 0 radical (unpaired) electrons. The molecule has 2 aliphatic carbocycles. The van der Waals surface area contributed by atoms with Crippen molar-refractivity contribution in [3.8, 4) is 67.7 Å². The van der Waals surface area contributed by atoms with E-state index in [0.29, 0.717) is 0 Å². The number of hydrogen-bond acceptors (Lipinski definition) is 4. The van der Waals surface area contributed by atoms with Gasteiger partial charge in [-0.1, -0.05) is 100 Å². The van der Waals surface area contributed by atoms with Crippen LogP contribution in [0.2, 0.25) is 0 Å². The highest BCUT2D eigenvalue weighted by atomic mass is 16.5. The molecule has 6 aromatic rings. The molecule has 0 saturated carbocycles. The van der Waals surface area contributed by atoms with Gasteiger partial charge in [0.25, 0.3) is 0 Å². The molecular weight excluding hydrogens is 564 g/mol. The fourth-order valence-corrected chi connectivity index (χ4v) is 7.56. The van der Waals surface area contributed by atoms with Gasteiger partial charge in [0.2, 0.25) is 0 Å². The highest BCUT2D eigenvalue weighted by molar-refractivity contribution is 5.84. The predicted molar refractivity (Wildman–Crippen MR) is 187 cm³/mol. The normalized spacial score (nSPS) is 14.7. The Bertz CT molecular complexity index is 2040. The molecule has 2 heterocycles. The number of methoxy groups -OCH3 is 2. The van der Waals surface area contributed by atoms with E-state index in [0.717, 1.165) is 56.5 Å². The van der Waals surface area contributed by atoms with Crippen LogP contribution in [-0.2, 0) is 10.8 Å². The van der Waals surface area contributed by atoms with Gasteiger partial charge in [-0.05, 0) is 58.7 Å². The van der Waals surface area contributed by atoms with Crippen LogP contribution in [0.15, 0.2) is 109 Å². The lowest BCUT2D eigenvalue weighted by molar-refractivity contribution is 0.410. The standard InChI is InChI=1S/C42H36N2O2/c1-41(2)31-13-9-7-11-29(31)39-33(41)19-21-35(43-39)25-15-17-27(37(23-25)45-5)28-18-16-26(24-38(28)46-6)36-22-20-34-40(44-36)30-12-8-10-14-32(30)42(34,3)4/h7-24H,1-6H3. The van der Waals surface area contributed by atoms with Gasteiger partial charge in [0.15, 0.2) is 0 Å². The SMILES string of the molecule is COc1cc(-c2ccc3c(n2)-c2ccccc2C3(C)C)ccc1-c1ccc(-c2ccc3c(n2)-c2ccccc2C3(C)C)cc1OC. The Kier molecular flexibility index (Phi) is 6.24. The van der Waals surface area contributed by atoms with E-state index >= 15 is 0 Å². The number of aromatic nitrogens is 2. The van der Waals surface area contributed by atoms with Crippen molar-refractivity contribution in [2.75, 3.05) is 14.2 Å². The van der Waals surface area contributed by atoms with Crippen molar-refractivity contribution >= 4 is 0 Å². The quantitative estimate of drug-likeness (QED) is 0.198. The Morgan fingerprint density at radius 2 is 0.848 bits per heavy atom. The van der Waals surface area contributed by atoms with Crippen molar-refractivity contribution in [3.63, 3.8) is 0 Å². The molecule has 0 aliphatic heterocycles. The molecule has 8 rings (SSSR count). The second-order valence-electron chi connectivity index (χ2n) is 13.4. The van der Waals surface area contributed by atoms with E-state index in [9.17, 15) is 0 Å². The summed E-state index contributed by atoms with van der Waals surface area (Å²) >= 11 is 0. The van der Waals surface area contributed by atoms with Crippen LogP contribution in [0.1, 0.15) is 49.9 Å². The van der Waals surface area contributed by atoms with Gasteiger partial charge in [0.1, 0.15) is 11.5 Å². The maximum absolute atomic E-state index is 5.97. The van der Waals surface area contributed by atoms with Gasteiger partial charge in [-0.25, -0.2) is 9.97 Å². The summed E-state index contributed by atoms with van der Waals surface area (Å²) in [6.07, 6.45) is 0. The molecule has 2 aromatic heterocycles. The van der Waals surface area contributed by atoms with Crippen LogP contribution in [0.3, 0.4) is 0 Å². The van der Waals surface area contributed by atoms with Crippen LogP contribution in [0.25, 0.3) is 56.2 Å². The van der Waals surface area contributed by atoms with E-state index in [-0.39, 0.29) is 10.8 Å². The van der Waals surface area contributed by atoms with Gasteiger partial charge in [-0.15, -0.1) is 0 Å². The van der Waals surface area contributed by atoms with Gasteiger partial charge in [-0.2, -0.15) is 0 Å². The minimum Gasteiger partial charge on any atom is -0.496 e. The number of fused-ring (bicyclic) bond motifs is 6. The first-order valence-electron chi connectivity index (χ1n) is 15.8. The summed E-state index contributed by atoms with van der Waals surface area (Å²) in [5, 5.41) is 0. The fourth-order valence-electron chi connectivity index (χ4n) is 7.56. The summed E-state index contributed by atoms with van der Waals surface area (Å²) in [7, 11) is 3.43. The number of benzene rings is 4. The number of hydrogen-bond donors (Lipinski definition) is 0. The van der Waals surface area contributed by atoms with Gasteiger partial charge in [0, 0.05) is 44.2 Å². The highest BCUT2D eigenvalue weighted by Crippen LogP contribution is 2.50. The summed E-state index contributed by atoms with van der Waals surface area (Å²) in [4.78, 5) is 10.4. The van der Waals surface area contributed by atoms with E-state index < -0.39 is 0 Å². The molecule has 4 aromatic carbocycles. The van der Waals surface area contributed by atoms with Crippen LogP contribution in [-0.4, -0.2) is 24.2 Å². The van der Waals surface area contributed by atoms with Crippen LogP contribution in [0.4, 0.5) is 0 Å². The van der Waals surface area contributed by atoms with Crippen molar-refractivity contribution < 1.29 is 9.47 Å². The Morgan fingerprint density at radius 1 is 0.435 bits per heavy atom. The van der Waals surface area contributed by atoms with E-state index in [1.807, 2.05) is 0 Å². The zero-order valence-corrected chi connectivity index (χ0v) is 27.1. The summed E-state index contributed by atoms with van der Waals surface area (Å²) < 4.78 is 11.9. The summed E-state index contributed by atoms with van der Waals surface area (Å²) in [6.45, 7) is 9.09. The summed E-state index contributed by atoms with van der Waals surface area (Å²) in [5.74, 6) is 1.53. The van der Waals surface area contributed by atoms with Gasteiger partial charge in [0.05, 0.1) is 37.0 Å². The first kappa shape index (κ1) is 28.3. The topological polar surface area (TPSA) is 44.2 Å².